The van der Waals surface area contributed by atoms with Crippen molar-refractivity contribution >= 4 is 11.8 Å². The van der Waals surface area contributed by atoms with Crippen LogP contribution in [0.5, 0.6) is 0 Å². The molecule has 2 aromatic heterocycles. The van der Waals surface area contributed by atoms with Crippen molar-refractivity contribution in [3.8, 4) is 5.69 Å². The molecule has 0 atom stereocenters. The molecular formula is C19H24N6O2. The largest absolute Gasteiger partial charge is 0.378 e. The summed E-state index contributed by atoms with van der Waals surface area (Å²) in [5.41, 5.74) is 3.39. The Morgan fingerprint density at radius 3 is 2.74 bits per heavy atom. The number of nitrogens with zero attached hydrogens (tertiary/aromatic N) is 3. The molecule has 0 aliphatic carbocycles. The molecule has 0 saturated heterocycles. The van der Waals surface area contributed by atoms with Crippen molar-refractivity contribution in [2.75, 3.05) is 12.4 Å². The standard InChI is InChI=1S/C19H24N6O2/c1-13(2)17-10-18(25(24-17)16-7-5-4-6-8-16)21-19(26)20-11-14-9-15(12-27-3)23-22-14/h4-10,13H,11-12H2,1-3H3,(H,22,23)(H2,20,21,26). The van der Waals surface area contributed by atoms with Crippen LogP contribution in [0.15, 0.2) is 42.5 Å². The Bertz CT molecular complexity index is 885. The molecule has 3 rings (SSSR count). The Kier molecular flexibility index (Phi) is 5.87. The molecule has 0 unspecified atom stereocenters. The highest BCUT2D eigenvalue weighted by molar-refractivity contribution is 5.88. The molecule has 0 aliphatic rings. The van der Waals surface area contributed by atoms with Gasteiger partial charge in [-0.3, -0.25) is 10.4 Å². The minimum Gasteiger partial charge on any atom is -0.378 e. The normalized spacial score (nSPS) is 11.0. The Balaban J connectivity index is 1.69. The zero-order chi connectivity index (χ0) is 19.2. The average Bonchev–Trinajstić information content (AvgIpc) is 3.28. The number of methoxy groups -OCH3 is 1. The van der Waals surface area contributed by atoms with Gasteiger partial charge >= 0.3 is 6.03 Å². The molecule has 27 heavy (non-hydrogen) atoms. The lowest BCUT2D eigenvalue weighted by atomic mass is 10.1. The summed E-state index contributed by atoms with van der Waals surface area (Å²) in [6, 6.07) is 13.1. The van der Waals surface area contributed by atoms with Crippen LogP contribution in [0.3, 0.4) is 0 Å². The fraction of sp³-hybridized carbons (Fsp3) is 0.316. The van der Waals surface area contributed by atoms with Crippen LogP contribution < -0.4 is 10.6 Å². The van der Waals surface area contributed by atoms with Gasteiger partial charge in [0.15, 0.2) is 0 Å². The third-order valence-corrected chi connectivity index (χ3v) is 3.98. The quantitative estimate of drug-likeness (QED) is 0.597. The van der Waals surface area contributed by atoms with Crippen LogP contribution >= 0.6 is 0 Å². The molecule has 0 radical (unpaired) electrons. The summed E-state index contributed by atoms with van der Waals surface area (Å²) >= 11 is 0. The first-order chi connectivity index (χ1) is 13.1. The number of urea groups is 1. The van der Waals surface area contributed by atoms with Crippen LogP contribution in [-0.2, 0) is 17.9 Å². The lowest BCUT2D eigenvalue weighted by molar-refractivity contribution is 0.181. The highest BCUT2D eigenvalue weighted by Crippen LogP contribution is 2.21. The number of rotatable bonds is 7. The lowest BCUT2D eigenvalue weighted by Crippen LogP contribution is -2.29. The van der Waals surface area contributed by atoms with Crippen LogP contribution in [0.1, 0.15) is 36.8 Å². The van der Waals surface area contributed by atoms with Gasteiger partial charge in [-0.2, -0.15) is 10.2 Å². The molecule has 0 aliphatic heterocycles. The Morgan fingerprint density at radius 1 is 1.26 bits per heavy atom. The van der Waals surface area contributed by atoms with E-state index in [0.29, 0.717) is 19.0 Å². The van der Waals surface area contributed by atoms with Crippen LogP contribution in [0.4, 0.5) is 10.6 Å². The number of benzene rings is 1. The van der Waals surface area contributed by atoms with E-state index in [2.05, 4.69) is 39.8 Å². The third-order valence-electron chi connectivity index (χ3n) is 3.98. The van der Waals surface area contributed by atoms with Gasteiger partial charge in [0.2, 0.25) is 0 Å². The van der Waals surface area contributed by atoms with E-state index in [1.807, 2.05) is 42.5 Å². The molecule has 0 spiro atoms. The smallest absolute Gasteiger partial charge is 0.320 e. The van der Waals surface area contributed by atoms with Crippen molar-refractivity contribution in [2.24, 2.45) is 0 Å². The maximum atomic E-state index is 12.4. The van der Waals surface area contributed by atoms with E-state index < -0.39 is 0 Å². The van der Waals surface area contributed by atoms with E-state index in [1.165, 1.54) is 0 Å². The predicted molar refractivity (Wildman–Crippen MR) is 103 cm³/mol. The van der Waals surface area contributed by atoms with Gasteiger partial charge in [0.05, 0.1) is 35.9 Å². The second kappa shape index (κ2) is 8.50. The zero-order valence-electron chi connectivity index (χ0n) is 15.7. The highest BCUT2D eigenvalue weighted by Gasteiger charge is 2.14. The lowest BCUT2D eigenvalue weighted by Gasteiger charge is -2.09. The molecule has 3 aromatic rings. The molecule has 3 N–H and O–H groups in total. The highest BCUT2D eigenvalue weighted by atomic mass is 16.5. The summed E-state index contributed by atoms with van der Waals surface area (Å²) in [4.78, 5) is 12.4. The maximum absolute atomic E-state index is 12.4. The summed E-state index contributed by atoms with van der Waals surface area (Å²) < 4.78 is 6.77. The van der Waals surface area contributed by atoms with Crippen molar-refractivity contribution in [3.05, 3.63) is 59.5 Å². The number of aromatic amines is 1. The number of nitrogens with one attached hydrogen (secondary N) is 3. The number of amides is 2. The Labute approximate surface area is 157 Å². The summed E-state index contributed by atoms with van der Waals surface area (Å²) in [6.07, 6.45) is 0. The van der Waals surface area contributed by atoms with Gasteiger partial charge < -0.3 is 10.1 Å². The number of anilines is 1. The van der Waals surface area contributed by atoms with Gasteiger partial charge in [0.1, 0.15) is 5.82 Å². The first-order valence-corrected chi connectivity index (χ1v) is 8.79. The van der Waals surface area contributed by atoms with Crippen LogP contribution in [0.2, 0.25) is 0 Å². The minimum absolute atomic E-state index is 0.253. The molecule has 2 heterocycles. The number of hydrogen-bond donors (Lipinski definition) is 3. The first kappa shape index (κ1) is 18.7. The zero-order valence-corrected chi connectivity index (χ0v) is 15.7. The van der Waals surface area contributed by atoms with Gasteiger partial charge in [-0.1, -0.05) is 32.0 Å². The second-order valence-electron chi connectivity index (χ2n) is 6.48. The molecule has 142 valence electrons. The third kappa shape index (κ3) is 4.73. The first-order valence-electron chi connectivity index (χ1n) is 8.79. The fourth-order valence-corrected chi connectivity index (χ4v) is 2.59. The van der Waals surface area contributed by atoms with Crippen molar-refractivity contribution < 1.29 is 9.53 Å². The average molecular weight is 368 g/mol. The molecule has 0 saturated carbocycles. The molecule has 8 heteroatoms. The number of carbonyl (C=O) groups excluding carboxylic acids is 1. The summed E-state index contributed by atoms with van der Waals surface area (Å²) in [5, 5.41) is 17.3. The Hall–Kier alpha value is -3.13. The number of ether oxygens (including phenoxy) is 1. The van der Waals surface area contributed by atoms with Crippen molar-refractivity contribution in [2.45, 2.75) is 32.9 Å². The molecule has 1 aromatic carbocycles. The van der Waals surface area contributed by atoms with Gasteiger partial charge in [0.25, 0.3) is 0 Å². The number of carbonyl (C=O) groups is 1. The van der Waals surface area contributed by atoms with Crippen molar-refractivity contribution in [1.82, 2.24) is 25.3 Å². The van der Waals surface area contributed by atoms with E-state index in [0.717, 1.165) is 22.8 Å². The van der Waals surface area contributed by atoms with Gasteiger partial charge in [-0.25, -0.2) is 9.48 Å². The van der Waals surface area contributed by atoms with E-state index in [4.69, 9.17) is 4.74 Å². The van der Waals surface area contributed by atoms with Crippen LogP contribution in [-0.4, -0.2) is 33.1 Å². The summed E-state index contributed by atoms with van der Waals surface area (Å²) in [5.74, 6) is 0.870. The van der Waals surface area contributed by atoms with Gasteiger partial charge in [0, 0.05) is 13.2 Å². The fourth-order valence-electron chi connectivity index (χ4n) is 2.59. The minimum atomic E-state index is -0.315. The number of H-pyrrole nitrogens is 1. The number of hydrogen-bond acceptors (Lipinski definition) is 4. The van der Waals surface area contributed by atoms with E-state index in [-0.39, 0.29) is 11.9 Å². The van der Waals surface area contributed by atoms with Crippen LogP contribution in [0, 0.1) is 0 Å². The topological polar surface area (TPSA) is 96.9 Å². The second-order valence-corrected chi connectivity index (χ2v) is 6.48. The van der Waals surface area contributed by atoms with Crippen molar-refractivity contribution in [3.63, 3.8) is 0 Å². The van der Waals surface area contributed by atoms with Crippen molar-refractivity contribution in [1.29, 1.82) is 0 Å². The SMILES string of the molecule is COCc1cc(CNC(=O)Nc2cc(C(C)C)nn2-c2ccccc2)[nH]n1. The monoisotopic (exact) mass is 368 g/mol. The molecule has 2 amide bonds. The molecule has 0 fully saturated rings. The summed E-state index contributed by atoms with van der Waals surface area (Å²) in [7, 11) is 1.61. The molecular weight excluding hydrogens is 344 g/mol. The van der Waals surface area contributed by atoms with E-state index in [1.54, 1.807) is 11.8 Å². The summed E-state index contributed by atoms with van der Waals surface area (Å²) in [6.45, 7) is 4.89. The predicted octanol–water partition coefficient (Wildman–Crippen LogP) is 3.19. The van der Waals surface area contributed by atoms with E-state index in [9.17, 15) is 4.79 Å². The number of para-hydroxylation sites is 1. The van der Waals surface area contributed by atoms with Crippen LogP contribution in [0.25, 0.3) is 5.69 Å². The van der Waals surface area contributed by atoms with Gasteiger partial charge in [-0.15, -0.1) is 0 Å². The maximum Gasteiger partial charge on any atom is 0.320 e. The molecule has 8 nitrogen and oxygen atoms in total. The van der Waals surface area contributed by atoms with Gasteiger partial charge in [-0.05, 0) is 24.1 Å². The Morgan fingerprint density at radius 2 is 2.04 bits per heavy atom. The molecule has 0 bridgehead atoms. The number of aromatic nitrogens is 4. The van der Waals surface area contributed by atoms with E-state index >= 15 is 0 Å².